The number of aromatic nitrogens is 1. The maximum Gasteiger partial charge on any atom is 0.223 e. The van der Waals surface area contributed by atoms with Gasteiger partial charge < -0.3 is 20.1 Å². The van der Waals surface area contributed by atoms with Crippen LogP contribution in [0.2, 0.25) is 0 Å². The van der Waals surface area contributed by atoms with Gasteiger partial charge in [-0.25, -0.2) is 0 Å². The number of ether oxygens (including phenoxy) is 1. The van der Waals surface area contributed by atoms with Crippen LogP contribution in [0.15, 0.2) is 30.3 Å². The van der Waals surface area contributed by atoms with Gasteiger partial charge in [0.25, 0.3) is 0 Å². The number of carbonyl (C=O) groups is 1. The fraction of sp³-hybridized carbons (Fsp3) is 0.524. The summed E-state index contributed by atoms with van der Waals surface area (Å²) in [5.41, 5.74) is 3.06. The molecule has 2 atom stereocenters. The van der Waals surface area contributed by atoms with E-state index in [0.717, 1.165) is 41.7 Å². The molecule has 1 aromatic heterocycles. The number of rotatable bonds is 3. The molecule has 2 fully saturated rings. The summed E-state index contributed by atoms with van der Waals surface area (Å²) in [4.78, 5) is 19.5. The summed E-state index contributed by atoms with van der Waals surface area (Å²) in [6, 6.07) is 9.95. The zero-order valence-electron chi connectivity index (χ0n) is 15.7. The molecule has 0 unspecified atom stereocenters. The summed E-state index contributed by atoms with van der Waals surface area (Å²) < 4.78 is 5.34. The average Bonchev–Trinajstić information content (AvgIpc) is 2.69. The maximum absolute atomic E-state index is 12.6. The fourth-order valence-corrected chi connectivity index (χ4v) is 4.11. The molecule has 2 aliphatic rings. The zero-order valence-corrected chi connectivity index (χ0v) is 15.7. The molecule has 0 spiro atoms. The first kappa shape index (κ1) is 18.2. The quantitative estimate of drug-likeness (QED) is 0.866. The van der Waals surface area contributed by atoms with E-state index in [4.69, 9.17) is 4.74 Å². The molecule has 2 saturated heterocycles. The van der Waals surface area contributed by atoms with Crippen LogP contribution >= 0.6 is 0 Å². The molecule has 6 heteroatoms. The average molecular weight is 369 g/mol. The Kier molecular flexibility index (Phi) is 5.27. The number of hydrogen-bond acceptors (Lipinski definition) is 5. The standard InChI is InChI=1S/C21H27N3O3/c1-14-12-19(16-4-2-3-5-17(16)22-14)24-9-6-20(25)18(13-24)23-21(26)15-7-10-27-11-8-15/h2-5,12,15,18,20,25H,6-11,13H2,1H3,(H,23,26)/t18-,20+/m1/s1. The molecule has 2 aliphatic heterocycles. The third-order valence-electron chi connectivity index (χ3n) is 5.66. The van der Waals surface area contributed by atoms with Crippen molar-refractivity contribution in [1.82, 2.24) is 10.3 Å². The second-order valence-corrected chi connectivity index (χ2v) is 7.60. The SMILES string of the molecule is Cc1cc(N2CC[C@H](O)[C@H](NC(=O)C3CCOCC3)C2)c2ccccc2n1. The Hall–Kier alpha value is -2.18. The number of pyridine rings is 1. The normalized spacial score (nSPS) is 24.1. The van der Waals surface area contributed by atoms with Crippen LogP contribution in [-0.4, -0.2) is 54.4 Å². The van der Waals surface area contributed by atoms with Gasteiger partial charge in [0.15, 0.2) is 0 Å². The van der Waals surface area contributed by atoms with Gasteiger partial charge in [-0.15, -0.1) is 0 Å². The second-order valence-electron chi connectivity index (χ2n) is 7.60. The maximum atomic E-state index is 12.6. The van der Waals surface area contributed by atoms with Gasteiger partial charge in [0.05, 0.1) is 17.7 Å². The molecule has 1 aromatic carbocycles. The van der Waals surface area contributed by atoms with Crippen LogP contribution in [0.25, 0.3) is 10.9 Å². The molecule has 0 saturated carbocycles. The number of nitrogens with one attached hydrogen (secondary N) is 1. The minimum Gasteiger partial charge on any atom is -0.391 e. The van der Waals surface area contributed by atoms with Gasteiger partial charge in [-0.3, -0.25) is 9.78 Å². The molecule has 0 aliphatic carbocycles. The Morgan fingerprint density at radius 3 is 2.85 bits per heavy atom. The molecule has 6 nitrogen and oxygen atoms in total. The summed E-state index contributed by atoms with van der Waals surface area (Å²) in [5.74, 6) is 0.0327. The van der Waals surface area contributed by atoms with Crippen molar-refractivity contribution < 1.29 is 14.6 Å². The number of hydrogen-bond donors (Lipinski definition) is 2. The smallest absolute Gasteiger partial charge is 0.223 e. The number of piperidine rings is 1. The Labute approximate surface area is 159 Å². The molecule has 2 N–H and O–H groups in total. The molecular weight excluding hydrogens is 342 g/mol. The van der Waals surface area contributed by atoms with Crippen LogP contribution in [0, 0.1) is 12.8 Å². The lowest BCUT2D eigenvalue weighted by molar-refractivity contribution is -0.129. The molecule has 0 radical (unpaired) electrons. The fourth-order valence-electron chi connectivity index (χ4n) is 4.11. The Morgan fingerprint density at radius 1 is 1.26 bits per heavy atom. The first-order chi connectivity index (χ1) is 13.1. The summed E-state index contributed by atoms with van der Waals surface area (Å²) in [6.45, 7) is 4.64. The predicted octanol–water partition coefficient (Wildman–Crippen LogP) is 2.03. The van der Waals surface area contributed by atoms with Crippen molar-refractivity contribution in [3.05, 3.63) is 36.0 Å². The van der Waals surface area contributed by atoms with Crippen LogP contribution in [0.5, 0.6) is 0 Å². The third kappa shape index (κ3) is 3.92. The molecule has 3 heterocycles. The van der Waals surface area contributed by atoms with Gasteiger partial charge in [-0.05, 0) is 38.3 Å². The molecule has 144 valence electrons. The molecule has 4 rings (SSSR count). The van der Waals surface area contributed by atoms with Crippen molar-refractivity contribution in [2.24, 2.45) is 5.92 Å². The monoisotopic (exact) mass is 369 g/mol. The van der Waals surface area contributed by atoms with Gasteiger partial charge in [0.1, 0.15) is 0 Å². The molecule has 27 heavy (non-hydrogen) atoms. The number of amides is 1. The summed E-state index contributed by atoms with van der Waals surface area (Å²) in [5, 5.41) is 14.7. The highest BCUT2D eigenvalue weighted by Crippen LogP contribution is 2.29. The van der Waals surface area contributed by atoms with Crippen LogP contribution < -0.4 is 10.2 Å². The van der Waals surface area contributed by atoms with Gasteiger partial charge in [-0.1, -0.05) is 18.2 Å². The van der Waals surface area contributed by atoms with E-state index in [-0.39, 0.29) is 17.9 Å². The van der Waals surface area contributed by atoms with E-state index < -0.39 is 6.10 Å². The molecule has 0 bridgehead atoms. The summed E-state index contributed by atoms with van der Waals surface area (Å²) >= 11 is 0. The first-order valence-corrected chi connectivity index (χ1v) is 9.79. The lowest BCUT2D eigenvalue weighted by Crippen LogP contribution is -2.56. The number of aliphatic hydroxyl groups is 1. The van der Waals surface area contributed by atoms with E-state index in [1.165, 1.54) is 0 Å². The van der Waals surface area contributed by atoms with E-state index >= 15 is 0 Å². The number of para-hydroxylation sites is 1. The van der Waals surface area contributed by atoms with Crippen molar-refractivity contribution in [1.29, 1.82) is 0 Å². The van der Waals surface area contributed by atoms with Crippen LogP contribution in [0.1, 0.15) is 25.0 Å². The summed E-state index contributed by atoms with van der Waals surface area (Å²) in [6.07, 6.45) is 1.63. The van der Waals surface area contributed by atoms with E-state index in [1.807, 2.05) is 25.1 Å². The zero-order chi connectivity index (χ0) is 18.8. The number of aliphatic hydroxyl groups excluding tert-OH is 1. The Bertz CT molecular complexity index is 819. The summed E-state index contributed by atoms with van der Waals surface area (Å²) in [7, 11) is 0. The van der Waals surface area contributed by atoms with Crippen molar-refractivity contribution in [3.8, 4) is 0 Å². The number of nitrogens with zero attached hydrogens (tertiary/aromatic N) is 2. The highest BCUT2D eigenvalue weighted by molar-refractivity contribution is 5.92. The number of anilines is 1. The van der Waals surface area contributed by atoms with Gasteiger partial charge in [0.2, 0.25) is 5.91 Å². The molecular formula is C21H27N3O3. The van der Waals surface area contributed by atoms with Crippen LogP contribution in [-0.2, 0) is 9.53 Å². The van der Waals surface area contributed by atoms with E-state index in [1.54, 1.807) is 0 Å². The third-order valence-corrected chi connectivity index (χ3v) is 5.66. The van der Waals surface area contributed by atoms with E-state index in [0.29, 0.717) is 26.2 Å². The van der Waals surface area contributed by atoms with Crippen LogP contribution in [0.4, 0.5) is 5.69 Å². The topological polar surface area (TPSA) is 74.7 Å². The van der Waals surface area contributed by atoms with Gasteiger partial charge >= 0.3 is 0 Å². The number of carbonyl (C=O) groups excluding carboxylic acids is 1. The van der Waals surface area contributed by atoms with Crippen molar-refractivity contribution in [2.75, 3.05) is 31.2 Å². The van der Waals surface area contributed by atoms with E-state index in [2.05, 4.69) is 27.3 Å². The molecule has 1 amide bonds. The predicted molar refractivity (Wildman–Crippen MR) is 105 cm³/mol. The number of fused-ring (bicyclic) bond motifs is 1. The minimum atomic E-state index is -0.515. The lowest BCUT2D eigenvalue weighted by atomic mass is 9.96. The highest BCUT2D eigenvalue weighted by atomic mass is 16.5. The van der Waals surface area contributed by atoms with Gasteiger partial charge in [-0.2, -0.15) is 0 Å². The van der Waals surface area contributed by atoms with Gasteiger partial charge in [0, 0.05) is 49.0 Å². The number of benzene rings is 1. The highest BCUT2D eigenvalue weighted by Gasteiger charge is 2.32. The van der Waals surface area contributed by atoms with Crippen molar-refractivity contribution in [2.45, 2.75) is 38.3 Å². The minimum absolute atomic E-state index is 0.00896. The van der Waals surface area contributed by atoms with Crippen LogP contribution in [0.3, 0.4) is 0 Å². The number of aryl methyl sites for hydroxylation is 1. The lowest BCUT2D eigenvalue weighted by Gasteiger charge is -2.39. The largest absolute Gasteiger partial charge is 0.391 e. The second kappa shape index (κ2) is 7.82. The van der Waals surface area contributed by atoms with E-state index in [9.17, 15) is 9.90 Å². The van der Waals surface area contributed by atoms with Crippen molar-refractivity contribution in [3.63, 3.8) is 0 Å². The molecule has 2 aromatic rings. The Morgan fingerprint density at radius 2 is 2.04 bits per heavy atom. The first-order valence-electron chi connectivity index (χ1n) is 9.79. The van der Waals surface area contributed by atoms with Crippen molar-refractivity contribution >= 4 is 22.5 Å². The Balaban J connectivity index is 1.53.